The summed E-state index contributed by atoms with van der Waals surface area (Å²) in [5.74, 6) is -0.833. The van der Waals surface area contributed by atoms with E-state index in [4.69, 9.17) is 9.90 Å². The highest BCUT2D eigenvalue weighted by Crippen LogP contribution is 1.42. The summed E-state index contributed by atoms with van der Waals surface area (Å²) in [5, 5.41) is 7.42. The third kappa shape index (κ3) is 389. The predicted molar refractivity (Wildman–Crippen MR) is 35.4 cm³/mol. The van der Waals surface area contributed by atoms with Crippen LogP contribution in [0, 0.1) is 13.8 Å². The molecule has 0 heterocycles. The van der Waals surface area contributed by atoms with Crippen molar-refractivity contribution in [3.63, 3.8) is 0 Å². The summed E-state index contributed by atoms with van der Waals surface area (Å²) < 4.78 is 0. The lowest BCUT2D eigenvalue weighted by Crippen LogP contribution is -1.78. The van der Waals surface area contributed by atoms with Crippen molar-refractivity contribution in [2.24, 2.45) is 0 Å². The summed E-state index contributed by atoms with van der Waals surface area (Å²) >= 11 is 0. The molecule has 0 rings (SSSR count). The zero-order valence-corrected chi connectivity index (χ0v) is 5.77. The normalized spacial score (nSPS) is 4.62. The van der Waals surface area contributed by atoms with Crippen molar-refractivity contribution in [2.75, 3.05) is 0 Å². The quantitative estimate of drug-likeness (QED) is 0.526. The largest absolute Gasteiger partial charge is 0.481 e. The number of aliphatic carboxylic acids is 1. The van der Waals surface area contributed by atoms with Gasteiger partial charge in [-0.1, -0.05) is 27.7 Å². The van der Waals surface area contributed by atoms with Gasteiger partial charge in [0.2, 0.25) is 0 Å². The molecule has 2 heteroatoms. The molecule has 0 amide bonds. The number of carbonyl (C=O) groups is 1. The van der Waals surface area contributed by atoms with Gasteiger partial charge in [0.25, 0.3) is 5.97 Å². The Hall–Kier alpha value is -0.530. The molecule has 0 aliphatic rings. The van der Waals surface area contributed by atoms with E-state index < -0.39 is 5.97 Å². The highest BCUT2D eigenvalue weighted by atomic mass is 16.4. The molecule has 0 atom stereocenters. The molecule has 0 aromatic carbocycles. The van der Waals surface area contributed by atoms with Crippen LogP contribution in [-0.4, -0.2) is 11.1 Å². The SMILES string of the molecule is CC(=O)O.[CH2]C.[CH2]C. The van der Waals surface area contributed by atoms with E-state index in [0.717, 1.165) is 6.92 Å². The smallest absolute Gasteiger partial charge is 0.300 e. The second-order valence-corrected chi connectivity index (χ2v) is 0.519. The zero-order valence-electron chi connectivity index (χ0n) is 5.77. The van der Waals surface area contributed by atoms with Crippen LogP contribution in [-0.2, 0) is 4.79 Å². The molecule has 0 saturated carbocycles. The molecule has 0 saturated heterocycles. The maximum absolute atomic E-state index is 9.00. The van der Waals surface area contributed by atoms with E-state index in [2.05, 4.69) is 13.8 Å². The van der Waals surface area contributed by atoms with Crippen molar-refractivity contribution in [3.05, 3.63) is 13.8 Å². The van der Waals surface area contributed by atoms with E-state index in [-0.39, 0.29) is 0 Å². The first kappa shape index (κ1) is 15.6. The summed E-state index contributed by atoms with van der Waals surface area (Å²) in [6.45, 7) is 11.1. The third-order valence-electron chi connectivity index (χ3n) is 0. The van der Waals surface area contributed by atoms with Crippen molar-refractivity contribution in [2.45, 2.75) is 20.8 Å². The third-order valence-corrected chi connectivity index (χ3v) is 0. The molecule has 0 fully saturated rings. The fourth-order valence-corrected chi connectivity index (χ4v) is 0. The first-order valence-corrected chi connectivity index (χ1v) is 2.34. The lowest BCUT2D eigenvalue weighted by molar-refractivity contribution is -0.134. The molecule has 0 bridgehead atoms. The molecule has 0 aliphatic carbocycles. The van der Waals surface area contributed by atoms with Crippen LogP contribution in [0.5, 0.6) is 0 Å². The number of hydrogen-bond donors (Lipinski definition) is 1. The van der Waals surface area contributed by atoms with Gasteiger partial charge in [0, 0.05) is 6.92 Å². The minimum Gasteiger partial charge on any atom is -0.481 e. The lowest BCUT2D eigenvalue weighted by Gasteiger charge is -1.59. The highest BCUT2D eigenvalue weighted by Gasteiger charge is 1.65. The summed E-state index contributed by atoms with van der Waals surface area (Å²) in [6.07, 6.45) is 0. The highest BCUT2D eigenvalue weighted by molar-refractivity contribution is 5.62. The number of carboxylic acids is 1. The Morgan fingerprint density at radius 1 is 1.25 bits per heavy atom. The monoisotopic (exact) mass is 118 g/mol. The van der Waals surface area contributed by atoms with Crippen LogP contribution in [0.4, 0.5) is 0 Å². The summed E-state index contributed by atoms with van der Waals surface area (Å²) in [4.78, 5) is 9.00. The van der Waals surface area contributed by atoms with Crippen LogP contribution in [0.1, 0.15) is 20.8 Å². The van der Waals surface area contributed by atoms with Gasteiger partial charge >= 0.3 is 0 Å². The van der Waals surface area contributed by atoms with Gasteiger partial charge < -0.3 is 5.11 Å². The molecule has 2 radical (unpaired) electrons. The van der Waals surface area contributed by atoms with Crippen molar-refractivity contribution < 1.29 is 9.90 Å². The fraction of sp³-hybridized carbons (Fsp3) is 0.500. The van der Waals surface area contributed by atoms with E-state index in [1.54, 1.807) is 13.8 Å². The maximum Gasteiger partial charge on any atom is 0.300 e. The van der Waals surface area contributed by atoms with E-state index in [0.29, 0.717) is 0 Å². The van der Waals surface area contributed by atoms with Crippen LogP contribution >= 0.6 is 0 Å². The first-order chi connectivity index (χ1) is 3.73. The van der Waals surface area contributed by atoms with Crippen molar-refractivity contribution in [1.29, 1.82) is 0 Å². The Labute approximate surface area is 51.5 Å². The molecular formula is C6H14O2. The average Bonchev–Trinajstić information content (AvgIpc) is 1.75. The average molecular weight is 118 g/mol. The molecule has 0 aromatic rings. The molecule has 8 heavy (non-hydrogen) atoms. The second kappa shape index (κ2) is 31.7. The van der Waals surface area contributed by atoms with Gasteiger partial charge in [-0.25, -0.2) is 0 Å². The van der Waals surface area contributed by atoms with Crippen LogP contribution in [0.3, 0.4) is 0 Å². The minimum absolute atomic E-state index is 0.833. The van der Waals surface area contributed by atoms with E-state index in [1.807, 2.05) is 0 Å². The van der Waals surface area contributed by atoms with E-state index in [9.17, 15) is 0 Å². The molecule has 0 aliphatic heterocycles. The molecule has 2 nitrogen and oxygen atoms in total. The van der Waals surface area contributed by atoms with Gasteiger partial charge in [-0.3, -0.25) is 4.79 Å². The van der Waals surface area contributed by atoms with Crippen molar-refractivity contribution in [3.8, 4) is 0 Å². The molecule has 0 unspecified atom stereocenters. The van der Waals surface area contributed by atoms with Crippen LogP contribution in [0.15, 0.2) is 0 Å². The predicted octanol–water partition coefficient (Wildman–Crippen LogP) is 1.77. The second-order valence-electron chi connectivity index (χ2n) is 0.519. The number of hydrogen-bond acceptors (Lipinski definition) is 1. The van der Waals surface area contributed by atoms with Crippen LogP contribution in [0.25, 0.3) is 0 Å². The van der Waals surface area contributed by atoms with Crippen molar-refractivity contribution in [1.82, 2.24) is 0 Å². The Morgan fingerprint density at radius 2 is 1.25 bits per heavy atom. The Morgan fingerprint density at radius 3 is 1.25 bits per heavy atom. The van der Waals surface area contributed by atoms with Gasteiger partial charge in [0.1, 0.15) is 0 Å². The standard InChI is InChI=1S/C2H4O2.2C2H5/c1-2(3)4;2*1-2/h1H3,(H,3,4);2*1H2,2H3. The summed E-state index contributed by atoms with van der Waals surface area (Å²) in [5.41, 5.74) is 0. The van der Waals surface area contributed by atoms with Gasteiger partial charge in [-0.2, -0.15) is 0 Å². The fourth-order valence-electron chi connectivity index (χ4n) is 0. The van der Waals surface area contributed by atoms with Gasteiger partial charge in [0.05, 0.1) is 0 Å². The van der Waals surface area contributed by atoms with Gasteiger partial charge in [-0.15, -0.1) is 0 Å². The maximum atomic E-state index is 9.00. The molecule has 0 spiro atoms. The Balaban J connectivity index is -0.0000000542. The molecule has 0 aromatic heterocycles. The number of carboxylic acid groups (broad SMARTS) is 1. The topological polar surface area (TPSA) is 37.3 Å². The molecule has 1 N–H and O–H groups in total. The van der Waals surface area contributed by atoms with Crippen LogP contribution in [0.2, 0.25) is 0 Å². The Bertz CT molecular complexity index is 29.5. The van der Waals surface area contributed by atoms with Crippen molar-refractivity contribution >= 4 is 5.97 Å². The molecule has 50 valence electrons. The number of rotatable bonds is 0. The van der Waals surface area contributed by atoms with Crippen LogP contribution < -0.4 is 0 Å². The molecular weight excluding hydrogens is 104 g/mol. The van der Waals surface area contributed by atoms with Gasteiger partial charge in [0.15, 0.2) is 0 Å². The summed E-state index contributed by atoms with van der Waals surface area (Å²) in [6, 6.07) is 0. The minimum atomic E-state index is -0.833. The Kier molecular flexibility index (Phi) is 62.1. The van der Waals surface area contributed by atoms with E-state index >= 15 is 0 Å². The zero-order chi connectivity index (χ0) is 7.58. The first-order valence-electron chi connectivity index (χ1n) is 2.34. The summed E-state index contributed by atoms with van der Waals surface area (Å²) in [7, 11) is 0. The van der Waals surface area contributed by atoms with E-state index in [1.165, 1.54) is 0 Å². The van der Waals surface area contributed by atoms with Gasteiger partial charge in [-0.05, 0) is 0 Å². The lowest BCUT2D eigenvalue weighted by atomic mass is 10.9.